The fourth-order valence-electron chi connectivity index (χ4n) is 3.95. The third-order valence-corrected chi connectivity index (χ3v) is 7.61. The number of thioether (sulfide) groups is 1. The van der Waals surface area contributed by atoms with Crippen LogP contribution in [0.5, 0.6) is 0 Å². The summed E-state index contributed by atoms with van der Waals surface area (Å²) in [7, 11) is 1.80. The van der Waals surface area contributed by atoms with Gasteiger partial charge in [-0.25, -0.2) is 4.57 Å². The summed E-state index contributed by atoms with van der Waals surface area (Å²) in [4.78, 5) is 28.0. The molecule has 172 valence electrons. The highest BCUT2D eigenvalue weighted by Crippen LogP contribution is 2.25. The minimum absolute atomic E-state index is 0.0000979. The number of nitrogens with zero attached hydrogens (tertiary/aromatic N) is 5. The van der Waals surface area contributed by atoms with Crippen LogP contribution in [0.2, 0.25) is 0 Å². The second-order valence-corrected chi connectivity index (χ2v) is 9.89. The molecule has 3 heterocycles. The zero-order chi connectivity index (χ0) is 23.8. The van der Waals surface area contributed by atoms with Crippen LogP contribution >= 0.6 is 23.1 Å². The molecule has 0 fully saturated rings. The van der Waals surface area contributed by atoms with Crippen molar-refractivity contribution in [3.05, 3.63) is 86.3 Å². The Hall–Kier alpha value is -3.43. The van der Waals surface area contributed by atoms with Crippen LogP contribution in [-0.2, 0) is 11.3 Å². The van der Waals surface area contributed by atoms with E-state index in [2.05, 4.69) is 10.2 Å². The first-order valence-electron chi connectivity index (χ1n) is 10.8. The molecule has 1 amide bonds. The van der Waals surface area contributed by atoms with E-state index in [1.807, 2.05) is 77.5 Å². The van der Waals surface area contributed by atoms with Crippen LogP contribution in [0, 0.1) is 13.8 Å². The van der Waals surface area contributed by atoms with E-state index in [-0.39, 0.29) is 17.2 Å². The lowest BCUT2D eigenvalue weighted by atomic mass is 10.1. The fourth-order valence-corrected chi connectivity index (χ4v) is 5.49. The first kappa shape index (κ1) is 22.4. The third-order valence-electron chi connectivity index (χ3n) is 5.96. The van der Waals surface area contributed by atoms with E-state index in [4.69, 9.17) is 0 Å². The van der Waals surface area contributed by atoms with Gasteiger partial charge in [-0.3, -0.25) is 14.0 Å². The summed E-state index contributed by atoms with van der Waals surface area (Å²) in [5.41, 5.74) is 4.55. The Morgan fingerprint density at radius 3 is 2.71 bits per heavy atom. The average Bonchev–Trinajstić information content (AvgIpc) is 3.50. The van der Waals surface area contributed by atoms with E-state index in [1.165, 1.54) is 11.8 Å². The van der Waals surface area contributed by atoms with Gasteiger partial charge in [0.1, 0.15) is 0 Å². The molecule has 3 aromatic heterocycles. The lowest BCUT2D eigenvalue weighted by Crippen LogP contribution is -2.27. The Kier molecular flexibility index (Phi) is 5.97. The molecule has 5 rings (SSSR count). The molecule has 0 atom stereocenters. The van der Waals surface area contributed by atoms with Crippen LogP contribution in [0.4, 0.5) is 0 Å². The lowest BCUT2D eigenvalue weighted by molar-refractivity contribution is -0.127. The molecule has 7 nitrogen and oxygen atoms in total. The van der Waals surface area contributed by atoms with Crippen molar-refractivity contribution in [3.8, 4) is 5.69 Å². The SMILES string of the molecule is Cc1cccc(-n2c(=O)c3ccccc3n3c(SCC(=O)N(C)Cc4ccsc4)nnc23)c1C. The van der Waals surface area contributed by atoms with Gasteiger partial charge in [0.2, 0.25) is 11.7 Å². The van der Waals surface area contributed by atoms with E-state index in [9.17, 15) is 9.59 Å². The molecule has 0 saturated heterocycles. The summed E-state index contributed by atoms with van der Waals surface area (Å²) in [5.74, 6) is 0.650. The summed E-state index contributed by atoms with van der Waals surface area (Å²) in [6.07, 6.45) is 0. The van der Waals surface area contributed by atoms with Crippen LogP contribution in [0.15, 0.2) is 69.2 Å². The van der Waals surface area contributed by atoms with E-state index in [0.29, 0.717) is 22.9 Å². The van der Waals surface area contributed by atoms with Gasteiger partial charge >= 0.3 is 0 Å². The Balaban J connectivity index is 1.57. The summed E-state index contributed by atoms with van der Waals surface area (Å²) in [6, 6.07) is 15.3. The Labute approximate surface area is 204 Å². The van der Waals surface area contributed by atoms with Crippen LogP contribution in [0.1, 0.15) is 16.7 Å². The van der Waals surface area contributed by atoms with Gasteiger partial charge in [-0.05, 0) is 65.6 Å². The van der Waals surface area contributed by atoms with Crippen molar-refractivity contribution < 1.29 is 4.79 Å². The number of rotatable bonds is 6. The number of amides is 1. The molecule has 0 aliphatic heterocycles. The van der Waals surface area contributed by atoms with Gasteiger partial charge in [0, 0.05) is 13.6 Å². The molecule has 5 aromatic rings. The Morgan fingerprint density at radius 1 is 1.09 bits per heavy atom. The summed E-state index contributed by atoms with van der Waals surface area (Å²) in [6.45, 7) is 4.58. The van der Waals surface area contributed by atoms with Crippen molar-refractivity contribution in [1.29, 1.82) is 0 Å². The number of fused-ring (bicyclic) bond motifs is 3. The standard InChI is InChI=1S/C25H23N5O2S2/c1-16-7-6-10-20(17(16)2)29-23(32)19-8-4-5-9-21(19)30-24(29)26-27-25(30)34-15-22(31)28(3)13-18-11-12-33-14-18/h4-12,14H,13,15H2,1-3H3. The van der Waals surface area contributed by atoms with Gasteiger partial charge in [-0.15, -0.1) is 10.2 Å². The maximum atomic E-state index is 13.5. The van der Waals surface area contributed by atoms with Crippen molar-refractivity contribution in [2.45, 2.75) is 25.5 Å². The maximum absolute atomic E-state index is 13.5. The fraction of sp³-hybridized carbons (Fsp3) is 0.200. The molecule has 0 spiro atoms. The van der Waals surface area contributed by atoms with Crippen LogP contribution in [-0.4, -0.2) is 42.8 Å². The highest BCUT2D eigenvalue weighted by molar-refractivity contribution is 7.99. The number of para-hydroxylation sites is 1. The molecule has 0 unspecified atom stereocenters. The molecule has 34 heavy (non-hydrogen) atoms. The number of hydrogen-bond donors (Lipinski definition) is 0. The first-order valence-corrected chi connectivity index (χ1v) is 12.7. The van der Waals surface area contributed by atoms with Crippen molar-refractivity contribution in [3.63, 3.8) is 0 Å². The predicted octanol–water partition coefficient (Wildman–Crippen LogP) is 4.46. The molecule has 0 aliphatic rings. The van der Waals surface area contributed by atoms with Crippen LogP contribution in [0.25, 0.3) is 22.4 Å². The number of thiophene rings is 1. The summed E-state index contributed by atoms with van der Waals surface area (Å²) in [5, 5.41) is 14.0. The van der Waals surface area contributed by atoms with Gasteiger partial charge in [-0.1, -0.05) is 36.0 Å². The monoisotopic (exact) mass is 489 g/mol. The molecule has 9 heteroatoms. The van der Waals surface area contributed by atoms with Gasteiger partial charge in [0.15, 0.2) is 5.16 Å². The van der Waals surface area contributed by atoms with Gasteiger partial charge < -0.3 is 4.90 Å². The number of carbonyl (C=O) groups excluding carboxylic acids is 1. The Bertz CT molecular complexity index is 1570. The number of aryl methyl sites for hydroxylation is 1. The van der Waals surface area contributed by atoms with E-state index < -0.39 is 0 Å². The molecule has 0 bridgehead atoms. The Morgan fingerprint density at radius 2 is 1.91 bits per heavy atom. The van der Waals surface area contributed by atoms with Gasteiger partial charge in [0.05, 0.1) is 22.3 Å². The van der Waals surface area contributed by atoms with Crippen molar-refractivity contribution in [2.75, 3.05) is 12.8 Å². The lowest BCUT2D eigenvalue weighted by Gasteiger charge is -2.16. The second kappa shape index (κ2) is 9.08. The normalized spacial score (nSPS) is 11.4. The quantitative estimate of drug-likeness (QED) is 0.329. The smallest absolute Gasteiger partial charge is 0.267 e. The van der Waals surface area contributed by atoms with Crippen molar-refractivity contribution in [2.24, 2.45) is 0 Å². The highest BCUT2D eigenvalue weighted by atomic mass is 32.2. The molecule has 0 radical (unpaired) electrons. The van der Waals surface area contributed by atoms with E-state index >= 15 is 0 Å². The molecule has 0 N–H and O–H groups in total. The van der Waals surface area contributed by atoms with Crippen LogP contribution < -0.4 is 5.56 Å². The number of aromatic nitrogens is 4. The van der Waals surface area contributed by atoms with Gasteiger partial charge in [-0.2, -0.15) is 11.3 Å². The predicted molar refractivity (Wildman–Crippen MR) is 137 cm³/mol. The van der Waals surface area contributed by atoms with Crippen molar-refractivity contribution in [1.82, 2.24) is 24.1 Å². The molecular formula is C25H23N5O2S2. The molecule has 0 saturated carbocycles. The van der Waals surface area contributed by atoms with E-state index in [1.54, 1.807) is 27.9 Å². The highest BCUT2D eigenvalue weighted by Gasteiger charge is 2.20. The number of carbonyl (C=O) groups is 1. The largest absolute Gasteiger partial charge is 0.341 e. The van der Waals surface area contributed by atoms with Crippen LogP contribution in [0.3, 0.4) is 0 Å². The van der Waals surface area contributed by atoms with Crippen molar-refractivity contribution >= 4 is 45.7 Å². The maximum Gasteiger partial charge on any atom is 0.267 e. The first-order chi connectivity index (χ1) is 16.5. The third kappa shape index (κ3) is 3.91. The van der Waals surface area contributed by atoms with Gasteiger partial charge in [0.25, 0.3) is 5.56 Å². The van der Waals surface area contributed by atoms with E-state index in [0.717, 1.165) is 27.9 Å². The minimum Gasteiger partial charge on any atom is -0.341 e. The summed E-state index contributed by atoms with van der Waals surface area (Å²) >= 11 is 2.94. The zero-order valence-electron chi connectivity index (χ0n) is 19.1. The summed E-state index contributed by atoms with van der Waals surface area (Å²) < 4.78 is 3.49. The molecular weight excluding hydrogens is 466 g/mol. The molecule has 2 aromatic carbocycles. The molecule has 0 aliphatic carbocycles. The number of benzene rings is 2. The minimum atomic E-state index is -0.146. The average molecular weight is 490 g/mol. The second-order valence-electron chi connectivity index (χ2n) is 8.16. The zero-order valence-corrected chi connectivity index (χ0v) is 20.7. The number of hydrogen-bond acceptors (Lipinski definition) is 6. The topological polar surface area (TPSA) is 72.5 Å².